The van der Waals surface area contributed by atoms with Crippen molar-refractivity contribution in [2.75, 3.05) is 0 Å². The Labute approximate surface area is 81.9 Å². The van der Waals surface area contributed by atoms with Gasteiger partial charge in [0.1, 0.15) is 5.52 Å². The molecule has 2 aromatic heterocycles. The highest BCUT2D eigenvalue weighted by atomic mass is 79.9. The van der Waals surface area contributed by atoms with E-state index in [1.807, 2.05) is 13.0 Å². The molecule has 0 saturated heterocycles. The summed E-state index contributed by atoms with van der Waals surface area (Å²) in [6.07, 6.45) is 0. The molecule has 0 aliphatic heterocycles. The number of pyridine rings is 1. The number of oxazole rings is 1. The third-order valence-corrected chi connectivity index (χ3v) is 2.45. The zero-order valence-corrected chi connectivity index (χ0v) is 8.48. The molecule has 0 bridgehead atoms. The molecule has 0 amide bonds. The Kier molecular flexibility index (Phi) is 1.81. The fraction of sp³-hybridized carbons (Fsp3) is 0.143. The molecule has 0 atom stereocenters. The van der Waals surface area contributed by atoms with Crippen LogP contribution in [0.25, 0.3) is 11.2 Å². The molecule has 0 spiro atoms. The van der Waals surface area contributed by atoms with Crippen molar-refractivity contribution in [3.63, 3.8) is 0 Å². The molecule has 0 unspecified atom stereocenters. The summed E-state index contributed by atoms with van der Waals surface area (Å²) >= 11 is 8.89. The average Bonchev–Trinajstić information content (AvgIpc) is 2.30. The van der Waals surface area contributed by atoms with E-state index in [2.05, 4.69) is 25.9 Å². The van der Waals surface area contributed by atoms with Gasteiger partial charge in [0.15, 0.2) is 0 Å². The van der Waals surface area contributed by atoms with Crippen LogP contribution in [0.3, 0.4) is 0 Å². The third kappa shape index (κ3) is 1.21. The summed E-state index contributed by atoms with van der Waals surface area (Å²) in [4.78, 5) is 8.06. The van der Waals surface area contributed by atoms with E-state index in [0.29, 0.717) is 11.2 Å². The van der Waals surface area contributed by atoms with Crippen molar-refractivity contribution in [1.29, 1.82) is 0 Å². The summed E-state index contributed by atoms with van der Waals surface area (Å²) in [5.74, 6) is 0. The van der Waals surface area contributed by atoms with Crippen molar-refractivity contribution < 1.29 is 4.42 Å². The second-order valence-electron chi connectivity index (χ2n) is 2.35. The quantitative estimate of drug-likeness (QED) is 0.718. The van der Waals surface area contributed by atoms with Crippen LogP contribution in [0.1, 0.15) is 5.69 Å². The zero-order valence-electron chi connectivity index (χ0n) is 6.14. The topological polar surface area (TPSA) is 38.9 Å². The van der Waals surface area contributed by atoms with Gasteiger partial charge in [-0.25, -0.2) is 4.98 Å². The Morgan fingerprint density at radius 2 is 2.25 bits per heavy atom. The summed E-state index contributed by atoms with van der Waals surface area (Å²) < 4.78 is 5.93. The fourth-order valence-corrected chi connectivity index (χ4v) is 1.37. The number of hydrogen-bond acceptors (Lipinski definition) is 3. The van der Waals surface area contributed by atoms with E-state index in [-0.39, 0.29) is 5.35 Å². The predicted molar refractivity (Wildman–Crippen MR) is 49.3 cm³/mol. The van der Waals surface area contributed by atoms with Crippen LogP contribution in [0, 0.1) is 6.92 Å². The van der Waals surface area contributed by atoms with Crippen molar-refractivity contribution in [2.24, 2.45) is 0 Å². The molecule has 0 aliphatic carbocycles. The predicted octanol–water partition coefficient (Wildman–Crippen LogP) is 2.95. The maximum Gasteiger partial charge on any atom is 0.294 e. The number of rotatable bonds is 0. The monoisotopic (exact) mass is 246 g/mol. The highest BCUT2D eigenvalue weighted by molar-refractivity contribution is 9.10. The summed E-state index contributed by atoms with van der Waals surface area (Å²) in [6, 6.07) is 1.83. The van der Waals surface area contributed by atoms with Crippen LogP contribution in [-0.4, -0.2) is 9.97 Å². The number of hydrogen-bond donors (Lipinski definition) is 0. The first kappa shape index (κ1) is 8.01. The van der Waals surface area contributed by atoms with Gasteiger partial charge < -0.3 is 4.42 Å². The molecule has 0 aliphatic rings. The highest BCUT2D eigenvalue weighted by Crippen LogP contribution is 2.22. The molecule has 0 N–H and O–H groups in total. The minimum absolute atomic E-state index is 0.120. The first-order valence-corrected chi connectivity index (χ1v) is 4.43. The largest absolute Gasteiger partial charge is 0.408 e. The van der Waals surface area contributed by atoms with Crippen molar-refractivity contribution >= 4 is 38.8 Å². The molecule has 0 radical (unpaired) electrons. The Morgan fingerprint density at radius 3 is 3.00 bits per heavy atom. The van der Waals surface area contributed by atoms with Gasteiger partial charge in [0, 0.05) is 4.47 Å². The fourth-order valence-electron chi connectivity index (χ4n) is 0.902. The lowest BCUT2D eigenvalue weighted by Gasteiger charge is -1.93. The molecular weight excluding hydrogens is 243 g/mol. The molecule has 2 aromatic rings. The van der Waals surface area contributed by atoms with E-state index in [1.165, 1.54) is 0 Å². The average molecular weight is 247 g/mol. The van der Waals surface area contributed by atoms with Crippen LogP contribution in [0.5, 0.6) is 0 Å². The number of nitrogens with zero attached hydrogens (tertiary/aromatic N) is 2. The van der Waals surface area contributed by atoms with E-state index >= 15 is 0 Å². The van der Waals surface area contributed by atoms with Crippen LogP contribution in [0.4, 0.5) is 0 Å². The maximum absolute atomic E-state index is 5.55. The zero-order chi connectivity index (χ0) is 8.72. The summed E-state index contributed by atoms with van der Waals surface area (Å²) in [7, 11) is 0. The van der Waals surface area contributed by atoms with Crippen LogP contribution < -0.4 is 0 Å². The molecule has 62 valence electrons. The molecule has 0 saturated carbocycles. The number of aromatic nitrogens is 2. The Bertz CT molecular complexity index is 401. The second-order valence-corrected chi connectivity index (χ2v) is 3.52. The van der Waals surface area contributed by atoms with Crippen LogP contribution >= 0.6 is 27.5 Å². The van der Waals surface area contributed by atoms with E-state index < -0.39 is 0 Å². The maximum atomic E-state index is 5.55. The lowest BCUT2D eigenvalue weighted by atomic mass is 10.4. The Balaban J connectivity index is 2.83. The van der Waals surface area contributed by atoms with E-state index in [0.717, 1.165) is 10.2 Å². The third-order valence-electron chi connectivity index (χ3n) is 1.49. The van der Waals surface area contributed by atoms with Crippen LogP contribution in [0.15, 0.2) is 15.0 Å². The Morgan fingerprint density at radius 1 is 1.50 bits per heavy atom. The van der Waals surface area contributed by atoms with Crippen LogP contribution in [0.2, 0.25) is 5.35 Å². The van der Waals surface area contributed by atoms with Gasteiger partial charge in [-0.3, -0.25) is 0 Å². The van der Waals surface area contributed by atoms with Gasteiger partial charge in [-0.15, -0.1) is 0 Å². The van der Waals surface area contributed by atoms with Crippen molar-refractivity contribution in [3.05, 3.63) is 21.6 Å². The van der Waals surface area contributed by atoms with Gasteiger partial charge in [0.05, 0.1) is 5.69 Å². The number of halogens is 2. The van der Waals surface area contributed by atoms with E-state index in [1.54, 1.807) is 0 Å². The minimum atomic E-state index is 0.120. The van der Waals surface area contributed by atoms with Crippen molar-refractivity contribution in [3.8, 4) is 0 Å². The summed E-state index contributed by atoms with van der Waals surface area (Å²) in [5.41, 5.74) is 1.99. The molecular formula is C7H4BrClN2O. The normalized spacial score (nSPS) is 10.9. The first-order valence-electron chi connectivity index (χ1n) is 3.26. The Hall–Kier alpha value is -0.610. The second kappa shape index (κ2) is 2.71. The number of fused-ring (bicyclic) bond motifs is 1. The summed E-state index contributed by atoms with van der Waals surface area (Å²) in [5, 5.41) is 0.120. The van der Waals surface area contributed by atoms with Gasteiger partial charge in [-0.2, -0.15) is 4.98 Å². The molecule has 2 rings (SSSR count). The molecule has 5 heteroatoms. The highest BCUT2D eigenvalue weighted by Gasteiger charge is 2.06. The van der Waals surface area contributed by atoms with Gasteiger partial charge in [-0.1, -0.05) is 0 Å². The van der Waals surface area contributed by atoms with E-state index in [9.17, 15) is 0 Å². The molecule has 2 heterocycles. The van der Waals surface area contributed by atoms with Gasteiger partial charge in [-0.05, 0) is 40.5 Å². The molecule has 12 heavy (non-hydrogen) atoms. The van der Waals surface area contributed by atoms with Crippen molar-refractivity contribution in [2.45, 2.75) is 6.92 Å². The standard InChI is InChI=1S/C7H4BrClN2O/c1-3-4(8)2-5-6(10-3)12-7(9)11-5/h2H,1H3. The number of aryl methyl sites for hydroxylation is 1. The lowest BCUT2D eigenvalue weighted by molar-refractivity contribution is 0.592. The molecule has 0 fully saturated rings. The lowest BCUT2D eigenvalue weighted by Crippen LogP contribution is -1.82. The summed E-state index contributed by atoms with van der Waals surface area (Å²) in [6.45, 7) is 1.87. The minimum Gasteiger partial charge on any atom is -0.408 e. The molecule has 3 nitrogen and oxygen atoms in total. The van der Waals surface area contributed by atoms with Crippen molar-refractivity contribution in [1.82, 2.24) is 9.97 Å². The van der Waals surface area contributed by atoms with Crippen LogP contribution in [-0.2, 0) is 0 Å². The SMILES string of the molecule is Cc1nc2oc(Cl)nc2cc1Br. The van der Waals surface area contributed by atoms with Gasteiger partial charge in [0.2, 0.25) is 5.71 Å². The van der Waals surface area contributed by atoms with E-state index in [4.69, 9.17) is 16.0 Å². The first-order chi connectivity index (χ1) is 5.66. The van der Waals surface area contributed by atoms with Gasteiger partial charge in [0.25, 0.3) is 5.35 Å². The molecule has 0 aromatic carbocycles. The smallest absolute Gasteiger partial charge is 0.294 e. The van der Waals surface area contributed by atoms with Gasteiger partial charge >= 0.3 is 0 Å².